The third-order valence-electron chi connectivity index (χ3n) is 6.87. The van der Waals surface area contributed by atoms with E-state index in [4.69, 9.17) is 21.1 Å². The summed E-state index contributed by atoms with van der Waals surface area (Å²) in [5, 5.41) is 17.2. The minimum atomic E-state index is -3.00. The van der Waals surface area contributed by atoms with Crippen LogP contribution in [0.4, 0.5) is 13.2 Å². The second kappa shape index (κ2) is 10.6. The number of amides is 2. The van der Waals surface area contributed by atoms with Crippen LogP contribution >= 0.6 is 11.6 Å². The number of hydrogen-bond donors (Lipinski definition) is 3. The van der Waals surface area contributed by atoms with Gasteiger partial charge in [-0.25, -0.2) is 13.2 Å². The van der Waals surface area contributed by atoms with Gasteiger partial charge in [-0.15, -0.1) is 0 Å². The van der Waals surface area contributed by atoms with Gasteiger partial charge < -0.3 is 25.2 Å². The van der Waals surface area contributed by atoms with Crippen LogP contribution in [0.15, 0.2) is 42.5 Å². The van der Waals surface area contributed by atoms with Crippen molar-refractivity contribution in [1.29, 1.82) is 0 Å². The van der Waals surface area contributed by atoms with Crippen molar-refractivity contribution < 1.29 is 37.3 Å². The Kier molecular flexibility index (Phi) is 7.65. The number of aliphatic hydroxyl groups is 1. The molecule has 2 aromatic rings. The molecule has 0 heterocycles. The number of halogens is 4. The zero-order valence-electron chi connectivity index (χ0n) is 19.2. The van der Waals surface area contributed by atoms with Crippen molar-refractivity contribution in [3.8, 4) is 11.5 Å². The fourth-order valence-electron chi connectivity index (χ4n) is 4.91. The Labute approximate surface area is 210 Å². The van der Waals surface area contributed by atoms with Gasteiger partial charge in [-0.2, -0.15) is 0 Å². The molecule has 3 fully saturated rings. The van der Waals surface area contributed by atoms with Crippen LogP contribution in [0.5, 0.6) is 11.5 Å². The Balaban J connectivity index is 1.28. The van der Waals surface area contributed by atoms with Crippen LogP contribution in [0.3, 0.4) is 0 Å². The summed E-state index contributed by atoms with van der Waals surface area (Å²) in [6.07, 6.45) is -1.68. The lowest BCUT2D eigenvalue weighted by molar-refractivity contribution is -0.137. The molecule has 7 nitrogen and oxygen atoms in total. The Morgan fingerprint density at radius 3 is 2.17 bits per heavy atom. The Morgan fingerprint density at radius 1 is 0.972 bits per heavy atom. The molecule has 3 saturated carbocycles. The summed E-state index contributed by atoms with van der Waals surface area (Å²) in [5.41, 5.74) is -2.27. The van der Waals surface area contributed by atoms with E-state index < -0.39 is 47.5 Å². The first-order chi connectivity index (χ1) is 17.1. The summed E-state index contributed by atoms with van der Waals surface area (Å²) in [6.45, 7) is -0.665. The molecule has 0 aromatic heterocycles. The van der Waals surface area contributed by atoms with Crippen LogP contribution in [0.25, 0.3) is 0 Å². The van der Waals surface area contributed by atoms with E-state index in [0.717, 1.165) is 12.1 Å². The molecule has 36 heavy (non-hydrogen) atoms. The lowest BCUT2D eigenvalue weighted by Gasteiger charge is -2.56. The Hall–Kier alpha value is -2.98. The minimum absolute atomic E-state index is 0.0470. The van der Waals surface area contributed by atoms with E-state index in [0.29, 0.717) is 36.5 Å². The summed E-state index contributed by atoms with van der Waals surface area (Å²) < 4.78 is 49.9. The van der Waals surface area contributed by atoms with Crippen molar-refractivity contribution in [3.63, 3.8) is 0 Å². The molecule has 0 unspecified atom stereocenters. The summed E-state index contributed by atoms with van der Waals surface area (Å²) in [6, 6.07) is 9.50. The average molecular weight is 527 g/mol. The molecule has 5 rings (SSSR count). The van der Waals surface area contributed by atoms with Gasteiger partial charge >= 0.3 is 0 Å². The van der Waals surface area contributed by atoms with E-state index in [-0.39, 0.29) is 24.7 Å². The van der Waals surface area contributed by atoms with Crippen molar-refractivity contribution in [1.82, 2.24) is 10.6 Å². The smallest absolute Gasteiger partial charge is 0.266 e. The number of benzene rings is 2. The van der Waals surface area contributed by atoms with Gasteiger partial charge in [-0.1, -0.05) is 11.6 Å². The molecule has 0 saturated heterocycles. The summed E-state index contributed by atoms with van der Waals surface area (Å²) >= 11 is 5.84. The predicted octanol–water partition coefficient (Wildman–Crippen LogP) is 3.92. The largest absolute Gasteiger partial charge is 0.484 e. The van der Waals surface area contributed by atoms with Crippen molar-refractivity contribution in [3.05, 3.63) is 58.9 Å². The monoisotopic (exact) mass is 526 g/mol. The molecule has 2 amide bonds. The van der Waals surface area contributed by atoms with E-state index in [2.05, 4.69) is 10.6 Å². The molecule has 3 aliphatic carbocycles. The maximum absolute atomic E-state index is 13.4. The minimum Gasteiger partial charge on any atom is -0.484 e. The summed E-state index contributed by atoms with van der Waals surface area (Å²) in [5.74, 6) is -1.45. The normalized spacial score (nSPS) is 24.9. The van der Waals surface area contributed by atoms with Gasteiger partial charge in [0.1, 0.15) is 17.3 Å². The van der Waals surface area contributed by atoms with Crippen molar-refractivity contribution in [2.75, 3.05) is 13.2 Å². The molecule has 0 aliphatic heterocycles. The molecule has 11 heteroatoms. The van der Waals surface area contributed by atoms with Gasteiger partial charge in [0.2, 0.25) is 0 Å². The maximum atomic E-state index is 13.4. The molecule has 2 aromatic carbocycles. The SMILES string of the molecule is O=C(COc1ccc(F)c(C(F)F)c1)NC12CCC(NC(=O)COc3ccc(Cl)cc3)(CC1)[C@@H](O)C2. The van der Waals surface area contributed by atoms with E-state index in [9.17, 15) is 27.9 Å². The topological polar surface area (TPSA) is 96.9 Å². The molecule has 3 N–H and O–H groups in total. The number of aliphatic hydroxyl groups excluding tert-OH is 1. The molecule has 2 bridgehead atoms. The van der Waals surface area contributed by atoms with Gasteiger partial charge in [-0.3, -0.25) is 9.59 Å². The Morgan fingerprint density at radius 2 is 1.56 bits per heavy atom. The number of alkyl halides is 2. The summed E-state index contributed by atoms with van der Waals surface area (Å²) in [4.78, 5) is 25.0. The van der Waals surface area contributed by atoms with Crippen LogP contribution < -0.4 is 20.1 Å². The highest BCUT2D eigenvalue weighted by Crippen LogP contribution is 2.47. The molecule has 1 atom stereocenters. The van der Waals surface area contributed by atoms with Crippen LogP contribution in [0.1, 0.15) is 44.1 Å². The maximum Gasteiger partial charge on any atom is 0.266 e. The first-order valence-corrected chi connectivity index (χ1v) is 11.9. The lowest BCUT2D eigenvalue weighted by atomic mass is 9.60. The quantitative estimate of drug-likeness (QED) is 0.460. The van der Waals surface area contributed by atoms with Crippen molar-refractivity contribution in [2.45, 2.75) is 55.7 Å². The van der Waals surface area contributed by atoms with E-state index >= 15 is 0 Å². The van der Waals surface area contributed by atoms with E-state index in [1.54, 1.807) is 24.3 Å². The predicted molar refractivity (Wildman–Crippen MR) is 125 cm³/mol. The highest BCUT2D eigenvalue weighted by molar-refractivity contribution is 6.30. The van der Waals surface area contributed by atoms with Crippen LogP contribution in [-0.2, 0) is 9.59 Å². The first-order valence-electron chi connectivity index (χ1n) is 11.5. The average Bonchev–Trinajstić information content (AvgIpc) is 2.84. The number of carbonyl (C=O) groups is 2. The molecule has 3 aliphatic rings. The number of nitrogens with one attached hydrogen (secondary N) is 2. The van der Waals surface area contributed by atoms with Crippen molar-refractivity contribution >= 4 is 23.4 Å². The van der Waals surface area contributed by atoms with Gasteiger partial charge in [0, 0.05) is 10.6 Å². The zero-order chi connectivity index (χ0) is 25.9. The Bertz CT molecular complexity index is 1110. The van der Waals surface area contributed by atoms with Crippen LogP contribution in [0, 0.1) is 5.82 Å². The number of hydrogen-bond acceptors (Lipinski definition) is 5. The number of fused-ring (bicyclic) bond motifs is 3. The standard InChI is InChI=1S/C25H26ClF3N2O5/c26-15-1-3-16(4-2-15)35-14-22(34)31-25-9-7-24(8-10-25,12-20(25)32)30-21(33)13-36-17-5-6-19(27)18(11-17)23(28)29/h1-6,11,20,23,32H,7-10,12-14H2,(H,30,33)(H,31,34)/t20-,24?,25?/m0/s1. The number of rotatable bonds is 9. The molecular formula is C25H26ClF3N2O5. The van der Waals surface area contributed by atoms with Gasteiger partial charge in [0.15, 0.2) is 13.2 Å². The lowest BCUT2D eigenvalue weighted by Crippen LogP contribution is -2.70. The zero-order valence-corrected chi connectivity index (χ0v) is 20.0. The third-order valence-corrected chi connectivity index (χ3v) is 7.12. The molecule has 0 spiro atoms. The molecule has 0 radical (unpaired) electrons. The fraction of sp³-hybridized carbons (Fsp3) is 0.440. The van der Waals surface area contributed by atoms with Gasteiger partial charge in [-0.05, 0) is 74.6 Å². The number of ether oxygens (including phenoxy) is 2. The second-order valence-corrected chi connectivity index (χ2v) is 9.70. The highest BCUT2D eigenvalue weighted by atomic mass is 35.5. The highest BCUT2D eigenvalue weighted by Gasteiger charge is 2.55. The fourth-order valence-corrected chi connectivity index (χ4v) is 5.04. The van der Waals surface area contributed by atoms with Gasteiger partial charge in [0.25, 0.3) is 18.2 Å². The number of carbonyl (C=O) groups excluding carboxylic acids is 2. The van der Waals surface area contributed by atoms with Crippen molar-refractivity contribution in [2.24, 2.45) is 0 Å². The van der Waals surface area contributed by atoms with Crippen LogP contribution in [0.2, 0.25) is 5.02 Å². The van der Waals surface area contributed by atoms with E-state index in [1.165, 1.54) is 6.07 Å². The molecular weight excluding hydrogens is 501 g/mol. The first kappa shape index (κ1) is 26.1. The summed E-state index contributed by atoms with van der Waals surface area (Å²) in [7, 11) is 0. The van der Waals surface area contributed by atoms with E-state index in [1.807, 2.05) is 0 Å². The third kappa shape index (κ3) is 5.87. The second-order valence-electron chi connectivity index (χ2n) is 9.27. The molecule has 194 valence electrons. The van der Waals surface area contributed by atoms with Gasteiger partial charge in [0.05, 0.1) is 17.2 Å². The van der Waals surface area contributed by atoms with Crippen LogP contribution in [-0.4, -0.2) is 47.3 Å².